The number of amides is 2. The number of rotatable bonds is 6. The van der Waals surface area contributed by atoms with Gasteiger partial charge in [0, 0.05) is 17.5 Å². The lowest BCUT2D eigenvalue weighted by Crippen LogP contribution is -2.37. The van der Waals surface area contributed by atoms with E-state index in [1.54, 1.807) is 18.2 Å². The monoisotopic (exact) mass is 341 g/mol. The molecule has 2 aromatic carbocycles. The van der Waals surface area contributed by atoms with E-state index in [9.17, 15) is 9.59 Å². The number of hydrazine groups is 1. The van der Waals surface area contributed by atoms with Crippen LogP contribution in [0.25, 0.3) is 0 Å². The normalized spacial score (nSPS) is 10.8. The average molecular weight is 341 g/mol. The Morgan fingerprint density at radius 2 is 1.80 bits per heavy atom. The number of hydrogen-bond acceptors (Lipinski definition) is 4. The maximum Gasteiger partial charge on any atom is 0.407 e. The van der Waals surface area contributed by atoms with Crippen molar-refractivity contribution >= 4 is 12.0 Å². The van der Waals surface area contributed by atoms with Crippen LogP contribution in [0.2, 0.25) is 0 Å². The lowest BCUT2D eigenvalue weighted by molar-refractivity contribution is 0.0953. The summed E-state index contributed by atoms with van der Waals surface area (Å²) in [4.78, 5) is 23.6. The minimum Gasteiger partial charge on any atom is -0.445 e. The molecule has 4 N–H and O–H groups in total. The number of carbonyl (C=O) groups excluding carboxylic acids is 2. The molecule has 2 rings (SSSR count). The molecule has 0 heterocycles. The van der Waals surface area contributed by atoms with Gasteiger partial charge >= 0.3 is 6.09 Å². The molecule has 0 aliphatic carbocycles. The van der Waals surface area contributed by atoms with Gasteiger partial charge in [-0.15, -0.1) is 0 Å². The maximum atomic E-state index is 11.9. The second kappa shape index (κ2) is 8.30. The van der Waals surface area contributed by atoms with Crippen LogP contribution in [0.4, 0.5) is 4.79 Å². The summed E-state index contributed by atoms with van der Waals surface area (Å²) in [6, 6.07) is 16.6. The van der Waals surface area contributed by atoms with Gasteiger partial charge in [-0.3, -0.25) is 10.2 Å². The second-order valence-corrected chi connectivity index (χ2v) is 6.35. The molecule has 0 unspecified atom stereocenters. The van der Waals surface area contributed by atoms with Gasteiger partial charge in [0.15, 0.2) is 0 Å². The second-order valence-electron chi connectivity index (χ2n) is 6.35. The van der Waals surface area contributed by atoms with Gasteiger partial charge in [0.1, 0.15) is 6.61 Å². The van der Waals surface area contributed by atoms with Crippen LogP contribution >= 0.6 is 0 Å². The summed E-state index contributed by atoms with van der Waals surface area (Å²) < 4.78 is 5.21. The standard InChI is InChI=1S/C19H23N3O3/c1-19(2,16-10-6-9-15(11-16)17(23)22-20)13-21-18(24)25-12-14-7-4-3-5-8-14/h3-11H,12-13,20H2,1-2H3,(H,21,24)(H,22,23). The number of hydrogen-bond donors (Lipinski definition) is 3. The summed E-state index contributed by atoms with van der Waals surface area (Å²) in [6.07, 6.45) is -0.479. The molecule has 0 saturated heterocycles. The van der Waals surface area contributed by atoms with Crippen LogP contribution in [-0.2, 0) is 16.8 Å². The van der Waals surface area contributed by atoms with Crippen molar-refractivity contribution < 1.29 is 14.3 Å². The van der Waals surface area contributed by atoms with Crippen LogP contribution in [0.1, 0.15) is 35.3 Å². The average Bonchev–Trinajstić information content (AvgIpc) is 2.65. The highest BCUT2D eigenvalue weighted by Crippen LogP contribution is 2.23. The third-order valence-corrected chi connectivity index (χ3v) is 3.92. The molecule has 0 aromatic heterocycles. The first-order valence-corrected chi connectivity index (χ1v) is 7.98. The quantitative estimate of drug-likeness (QED) is 0.427. The third kappa shape index (κ3) is 5.32. The Bertz CT molecular complexity index is 730. The van der Waals surface area contributed by atoms with Crippen molar-refractivity contribution in [2.75, 3.05) is 6.54 Å². The number of benzene rings is 2. The van der Waals surface area contributed by atoms with E-state index in [1.807, 2.05) is 50.2 Å². The van der Waals surface area contributed by atoms with Gasteiger partial charge in [-0.2, -0.15) is 0 Å². The van der Waals surface area contributed by atoms with E-state index in [0.717, 1.165) is 11.1 Å². The Morgan fingerprint density at radius 1 is 1.08 bits per heavy atom. The van der Waals surface area contributed by atoms with Crippen molar-refractivity contribution in [3.63, 3.8) is 0 Å². The largest absolute Gasteiger partial charge is 0.445 e. The summed E-state index contributed by atoms with van der Waals surface area (Å²) in [6.45, 7) is 4.54. The Hall–Kier alpha value is -2.86. The van der Waals surface area contributed by atoms with Gasteiger partial charge in [0.25, 0.3) is 5.91 Å². The van der Waals surface area contributed by atoms with Crippen LogP contribution in [0.3, 0.4) is 0 Å². The van der Waals surface area contributed by atoms with E-state index < -0.39 is 6.09 Å². The fraction of sp³-hybridized carbons (Fsp3) is 0.263. The number of nitrogen functional groups attached to an aromatic ring is 1. The smallest absolute Gasteiger partial charge is 0.407 e. The fourth-order valence-corrected chi connectivity index (χ4v) is 2.33. The Labute approximate surface area is 147 Å². The number of ether oxygens (including phenoxy) is 1. The zero-order valence-corrected chi connectivity index (χ0v) is 14.4. The minimum absolute atomic E-state index is 0.221. The van der Waals surface area contributed by atoms with Crippen molar-refractivity contribution in [1.29, 1.82) is 0 Å². The number of nitrogens with one attached hydrogen (secondary N) is 2. The maximum absolute atomic E-state index is 11.9. The van der Waals surface area contributed by atoms with Crippen LogP contribution in [0.5, 0.6) is 0 Å². The molecule has 6 heteroatoms. The van der Waals surface area contributed by atoms with Crippen molar-refractivity contribution in [2.45, 2.75) is 25.9 Å². The lowest BCUT2D eigenvalue weighted by Gasteiger charge is -2.26. The molecule has 0 radical (unpaired) electrons. The minimum atomic E-state index is -0.479. The van der Waals surface area contributed by atoms with Gasteiger partial charge in [0.2, 0.25) is 0 Å². The van der Waals surface area contributed by atoms with Crippen molar-refractivity contribution in [1.82, 2.24) is 10.7 Å². The summed E-state index contributed by atoms with van der Waals surface area (Å²) in [5, 5.41) is 2.77. The SMILES string of the molecule is CC(C)(CNC(=O)OCc1ccccc1)c1cccc(C(=O)NN)c1. The summed E-state index contributed by atoms with van der Waals surface area (Å²) in [5.74, 6) is 4.82. The molecule has 2 aromatic rings. The zero-order chi connectivity index (χ0) is 18.3. The van der Waals surface area contributed by atoms with E-state index in [4.69, 9.17) is 10.6 Å². The predicted molar refractivity (Wildman–Crippen MR) is 95.8 cm³/mol. The van der Waals surface area contributed by atoms with Crippen molar-refractivity contribution in [3.05, 3.63) is 71.3 Å². The fourth-order valence-electron chi connectivity index (χ4n) is 2.33. The highest BCUT2D eigenvalue weighted by Gasteiger charge is 2.22. The van der Waals surface area contributed by atoms with Gasteiger partial charge in [-0.05, 0) is 23.3 Å². The van der Waals surface area contributed by atoms with Gasteiger partial charge in [0.05, 0.1) is 0 Å². The van der Waals surface area contributed by atoms with Crippen LogP contribution < -0.4 is 16.6 Å². The molecule has 0 saturated carbocycles. The number of alkyl carbamates (subject to hydrolysis) is 1. The molecule has 0 bridgehead atoms. The summed E-state index contributed by atoms with van der Waals surface area (Å²) in [5.41, 5.74) is 4.05. The van der Waals surface area contributed by atoms with Gasteiger partial charge in [-0.1, -0.05) is 56.3 Å². The predicted octanol–water partition coefficient (Wildman–Crippen LogP) is 2.49. The third-order valence-electron chi connectivity index (χ3n) is 3.92. The summed E-state index contributed by atoms with van der Waals surface area (Å²) in [7, 11) is 0. The van der Waals surface area contributed by atoms with Gasteiger partial charge < -0.3 is 10.1 Å². The highest BCUT2D eigenvalue weighted by molar-refractivity contribution is 5.93. The Morgan fingerprint density at radius 3 is 2.48 bits per heavy atom. The van der Waals surface area contributed by atoms with E-state index >= 15 is 0 Å². The number of nitrogens with two attached hydrogens (primary N) is 1. The molecule has 0 aliphatic rings. The number of carbonyl (C=O) groups is 2. The first-order chi connectivity index (χ1) is 11.9. The lowest BCUT2D eigenvalue weighted by atomic mass is 9.84. The van der Waals surface area contributed by atoms with E-state index in [1.165, 1.54) is 0 Å². The molecule has 25 heavy (non-hydrogen) atoms. The topological polar surface area (TPSA) is 93.4 Å². The molecule has 0 fully saturated rings. The van der Waals surface area contributed by atoms with E-state index in [0.29, 0.717) is 12.1 Å². The van der Waals surface area contributed by atoms with Crippen molar-refractivity contribution in [2.24, 2.45) is 5.84 Å². The van der Waals surface area contributed by atoms with E-state index in [-0.39, 0.29) is 17.9 Å². The highest BCUT2D eigenvalue weighted by atomic mass is 16.5. The first-order valence-electron chi connectivity index (χ1n) is 7.98. The molecular weight excluding hydrogens is 318 g/mol. The summed E-state index contributed by atoms with van der Waals surface area (Å²) >= 11 is 0. The van der Waals surface area contributed by atoms with Crippen LogP contribution in [0, 0.1) is 0 Å². The van der Waals surface area contributed by atoms with Crippen LogP contribution in [-0.4, -0.2) is 18.5 Å². The van der Waals surface area contributed by atoms with E-state index in [2.05, 4.69) is 10.7 Å². The van der Waals surface area contributed by atoms with Crippen LogP contribution in [0.15, 0.2) is 54.6 Å². The van der Waals surface area contributed by atoms with Gasteiger partial charge in [-0.25, -0.2) is 10.6 Å². The molecule has 0 atom stereocenters. The molecule has 0 spiro atoms. The molecule has 132 valence electrons. The molecular formula is C19H23N3O3. The molecule has 6 nitrogen and oxygen atoms in total. The molecule has 0 aliphatic heterocycles. The molecule has 2 amide bonds. The van der Waals surface area contributed by atoms with Crippen molar-refractivity contribution in [3.8, 4) is 0 Å². The Kier molecular flexibility index (Phi) is 6.14. The zero-order valence-electron chi connectivity index (χ0n) is 14.4. The first kappa shape index (κ1) is 18.5. The Balaban J connectivity index is 1.92.